The first-order valence-electron chi connectivity index (χ1n) is 5.32. The van der Waals surface area contributed by atoms with Gasteiger partial charge < -0.3 is 0 Å². The van der Waals surface area contributed by atoms with Crippen molar-refractivity contribution < 1.29 is 4.79 Å². The van der Waals surface area contributed by atoms with Crippen LogP contribution in [-0.4, -0.2) is 21.4 Å². The molecule has 1 heterocycles. The molecule has 0 spiro atoms. The Kier molecular flexibility index (Phi) is 4.88. The molecule has 0 radical (unpaired) electrons. The minimum absolute atomic E-state index is 0.0970. The SMILES string of the molecule is Cc1cc(C)n(C(=O)CCCCCS)n1. The number of hydrogen-bond donors (Lipinski definition) is 1. The van der Waals surface area contributed by atoms with E-state index in [1.807, 2.05) is 19.9 Å². The number of carbonyl (C=O) groups is 1. The van der Waals surface area contributed by atoms with Gasteiger partial charge in [-0.2, -0.15) is 17.7 Å². The van der Waals surface area contributed by atoms with E-state index in [4.69, 9.17) is 0 Å². The van der Waals surface area contributed by atoms with Crippen LogP contribution in [0.1, 0.15) is 41.9 Å². The number of aromatic nitrogens is 2. The topological polar surface area (TPSA) is 34.9 Å². The molecule has 0 N–H and O–H groups in total. The monoisotopic (exact) mass is 226 g/mol. The van der Waals surface area contributed by atoms with Gasteiger partial charge in [0.1, 0.15) is 0 Å². The molecule has 0 fully saturated rings. The third kappa shape index (κ3) is 3.70. The molecule has 0 aliphatic heterocycles. The molecule has 3 nitrogen and oxygen atoms in total. The molecular formula is C11H18N2OS. The number of rotatable bonds is 5. The van der Waals surface area contributed by atoms with Gasteiger partial charge in [-0.3, -0.25) is 4.79 Å². The third-order valence-corrected chi connectivity index (χ3v) is 2.61. The van der Waals surface area contributed by atoms with Crippen LogP contribution in [0.2, 0.25) is 0 Å². The summed E-state index contributed by atoms with van der Waals surface area (Å²) in [6.07, 6.45) is 3.65. The lowest BCUT2D eigenvalue weighted by molar-refractivity contribution is 0.0880. The predicted molar refractivity (Wildman–Crippen MR) is 64.6 cm³/mol. The molecule has 0 saturated heterocycles. The summed E-state index contributed by atoms with van der Waals surface area (Å²) in [4.78, 5) is 11.7. The summed E-state index contributed by atoms with van der Waals surface area (Å²) in [6, 6.07) is 1.92. The Morgan fingerprint density at radius 3 is 2.67 bits per heavy atom. The summed E-state index contributed by atoms with van der Waals surface area (Å²) >= 11 is 4.13. The van der Waals surface area contributed by atoms with Crippen molar-refractivity contribution in [2.45, 2.75) is 39.5 Å². The van der Waals surface area contributed by atoms with Crippen LogP contribution >= 0.6 is 12.6 Å². The molecule has 0 atom stereocenters. The molecule has 1 aromatic rings. The summed E-state index contributed by atoms with van der Waals surface area (Å²) < 4.78 is 1.51. The highest BCUT2D eigenvalue weighted by atomic mass is 32.1. The van der Waals surface area contributed by atoms with Crippen LogP contribution < -0.4 is 0 Å². The van der Waals surface area contributed by atoms with E-state index in [1.54, 1.807) is 0 Å². The highest BCUT2D eigenvalue weighted by Gasteiger charge is 2.08. The molecule has 15 heavy (non-hydrogen) atoms. The van der Waals surface area contributed by atoms with Crippen molar-refractivity contribution in [3.63, 3.8) is 0 Å². The lowest BCUT2D eigenvalue weighted by Crippen LogP contribution is -2.13. The van der Waals surface area contributed by atoms with Crippen LogP contribution in [0.25, 0.3) is 0 Å². The van der Waals surface area contributed by atoms with Crippen molar-refractivity contribution in [1.82, 2.24) is 9.78 Å². The molecule has 1 aromatic heterocycles. The van der Waals surface area contributed by atoms with Gasteiger partial charge in [0, 0.05) is 12.1 Å². The van der Waals surface area contributed by atoms with E-state index in [2.05, 4.69) is 17.7 Å². The zero-order chi connectivity index (χ0) is 11.3. The van der Waals surface area contributed by atoms with Crippen LogP contribution in [0, 0.1) is 13.8 Å². The summed E-state index contributed by atoms with van der Waals surface area (Å²) in [5.41, 5.74) is 1.82. The quantitative estimate of drug-likeness (QED) is 0.618. The van der Waals surface area contributed by atoms with E-state index in [9.17, 15) is 4.79 Å². The highest BCUT2D eigenvalue weighted by Crippen LogP contribution is 2.06. The predicted octanol–water partition coefficient (Wildman–Crippen LogP) is 2.63. The summed E-state index contributed by atoms with van der Waals surface area (Å²) in [7, 11) is 0. The average molecular weight is 226 g/mol. The molecule has 4 heteroatoms. The smallest absolute Gasteiger partial charge is 0.247 e. The molecule has 84 valence electrons. The summed E-state index contributed by atoms with van der Waals surface area (Å²) in [5, 5.41) is 4.16. The minimum Gasteiger partial charge on any atom is -0.273 e. The van der Waals surface area contributed by atoms with Crippen LogP contribution in [0.4, 0.5) is 0 Å². The molecule has 0 aromatic carbocycles. The van der Waals surface area contributed by atoms with Gasteiger partial charge in [-0.05, 0) is 38.5 Å². The molecule has 0 unspecified atom stereocenters. The van der Waals surface area contributed by atoms with E-state index < -0.39 is 0 Å². The number of thiol groups is 1. The maximum Gasteiger partial charge on any atom is 0.247 e. The van der Waals surface area contributed by atoms with Crippen LogP contribution in [0.15, 0.2) is 6.07 Å². The molecule has 0 bridgehead atoms. The van der Waals surface area contributed by atoms with E-state index in [0.29, 0.717) is 6.42 Å². The van der Waals surface area contributed by atoms with Crippen molar-refractivity contribution in [2.24, 2.45) is 0 Å². The van der Waals surface area contributed by atoms with E-state index >= 15 is 0 Å². The van der Waals surface area contributed by atoms with Crippen LogP contribution in [0.3, 0.4) is 0 Å². The number of unbranched alkanes of at least 4 members (excludes halogenated alkanes) is 2. The first-order valence-corrected chi connectivity index (χ1v) is 5.95. The van der Waals surface area contributed by atoms with Gasteiger partial charge in [-0.25, -0.2) is 4.68 Å². The van der Waals surface area contributed by atoms with Crippen LogP contribution in [0.5, 0.6) is 0 Å². The van der Waals surface area contributed by atoms with E-state index in [0.717, 1.165) is 36.4 Å². The molecular weight excluding hydrogens is 208 g/mol. The fraction of sp³-hybridized carbons (Fsp3) is 0.636. The Morgan fingerprint density at radius 1 is 1.40 bits per heavy atom. The van der Waals surface area contributed by atoms with Gasteiger partial charge in [0.15, 0.2) is 0 Å². The summed E-state index contributed by atoms with van der Waals surface area (Å²) in [5.74, 6) is 0.994. The molecule has 0 amide bonds. The molecule has 0 saturated carbocycles. The lowest BCUT2D eigenvalue weighted by Gasteiger charge is -2.02. The van der Waals surface area contributed by atoms with Gasteiger partial charge >= 0.3 is 0 Å². The number of carbonyl (C=O) groups excluding carboxylic acids is 1. The number of nitrogens with zero attached hydrogens (tertiary/aromatic N) is 2. The van der Waals surface area contributed by atoms with Gasteiger partial charge in [0.2, 0.25) is 5.91 Å². The van der Waals surface area contributed by atoms with Gasteiger partial charge in [-0.1, -0.05) is 6.42 Å². The third-order valence-electron chi connectivity index (χ3n) is 2.29. The Bertz CT molecular complexity index is 333. The van der Waals surface area contributed by atoms with Gasteiger partial charge in [0.05, 0.1) is 5.69 Å². The van der Waals surface area contributed by atoms with E-state index in [-0.39, 0.29) is 5.91 Å². The first kappa shape index (κ1) is 12.3. The van der Waals surface area contributed by atoms with Crippen LogP contribution in [-0.2, 0) is 0 Å². The zero-order valence-corrected chi connectivity index (χ0v) is 10.3. The maximum absolute atomic E-state index is 11.7. The fourth-order valence-corrected chi connectivity index (χ4v) is 1.78. The second-order valence-corrected chi connectivity index (χ2v) is 4.21. The van der Waals surface area contributed by atoms with Gasteiger partial charge in [-0.15, -0.1) is 0 Å². The second-order valence-electron chi connectivity index (χ2n) is 3.77. The van der Waals surface area contributed by atoms with Crippen molar-refractivity contribution in [2.75, 3.05) is 5.75 Å². The van der Waals surface area contributed by atoms with Crippen molar-refractivity contribution >= 4 is 18.5 Å². The molecule has 0 aliphatic rings. The first-order chi connectivity index (χ1) is 7.15. The van der Waals surface area contributed by atoms with Crippen molar-refractivity contribution in [3.8, 4) is 0 Å². The standard InChI is InChI=1S/C11H18N2OS/c1-9-8-10(2)13(12-9)11(14)6-4-3-5-7-15/h8,15H,3-7H2,1-2H3. The fourth-order valence-electron chi connectivity index (χ4n) is 1.55. The normalized spacial score (nSPS) is 10.6. The highest BCUT2D eigenvalue weighted by molar-refractivity contribution is 7.80. The Balaban J connectivity index is 2.43. The zero-order valence-electron chi connectivity index (χ0n) is 9.36. The Morgan fingerprint density at radius 2 is 2.13 bits per heavy atom. The maximum atomic E-state index is 11.7. The lowest BCUT2D eigenvalue weighted by atomic mass is 10.2. The molecule has 1 rings (SSSR count). The Hall–Kier alpha value is -0.770. The summed E-state index contributed by atoms with van der Waals surface area (Å²) in [6.45, 7) is 3.81. The van der Waals surface area contributed by atoms with E-state index in [1.165, 1.54) is 4.68 Å². The number of hydrogen-bond acceptors (Lipinski definition) is 3. The number of aryl methyl sites for hydroxylation is 2. The average Bonchev–Trinajstić information content (AvgIpc) is 2.52. The molecule has 0 aliphatic carbocycles. The van der Waals surface area contributed by atoms with Crippen molar-refractivity contribution in [3.05, 3.63) is 17.5 Å². The second kappa shape index (κ2) is 5.95. The van der Waals surface area contributed by atoms with Crippen molar-refractivity contribution in [1.29, 1.82) is 0 Å². The van der Waals surface area contributed by atoms with Gasteiger partial charge in [0.25, 0.3) is 0 Å². The Labute approximate surface area is 96.3 Å². The minimum atomic E-state index is 0.0970. The largest absolute Gasteiger partial charge is 0.273 e.